The summed E-state index contributed by atoms with van der Waals surface area (Å²) in [6, 6.07) is -0.196. The lowest BCUT2D eigenvalue weighted by atomic mass is 9.88. The van der Waals surface area contributed by atoms with Crippen molar-refractivity contribution >= 4 is 0 Å². The maximum atomic E-state index is 9.76. The Kier molecular flexibility index (Phi) is 2.77. The number of hydrogen-bond donors (Lipinski definition) is 4. The first-order valence-corrected chi connectivity index (χ1v) is 5.04. The van der Waals surface area contributed by atoms with Crippen molar-refractivity contribution in [3.63, 3.8) is 0 Å². The zero-order valence-electron chi connectivity index (χ0n) is 7.95. The molecule has 5 atom stereocenters. The lowest BCUT2D eigenvalue weighted by Gasteiger charge is -2.41. The molecular formula is C9H17NO4. The first-order valence-electron chi connectivity index (χ1n) is 5.04. The number of aliphatic hydroxyl groups is 4. The van der Waals surface area contributed by atoms with Crippen molar-refractivity contribution in [3.05, 3.63) is 0 Å². The van der Waals surface area contributed by atoms with Gasteiger partial charge in [0.2, 0.25) is 0 Å². The number of aliphatic hydroxyl groups excluding tert-OH is 4. The van der Waals surface area contributed by atoms with E-state index in [0.29, 0.717) is 6.54 Å². The maximum Gasteiger partial charge on any atom is 0.108 e. The highest BCUT2D eigenvalue weighted by Gasteiger charge is 2.47. The number of piperidine rings is 1. The summed E-state index contributed by atoms with van der Waals surface area (Å²) >= 11 is 0. The second kappa shape index (κ2) is 3.75. The fraction of sp³-hybridized carbons (Fsp3) is 1.00. The molecule has 0 amide bonds. The van der Waals surface area contributed by atoms with Crippen LogP contribution in [0.15, 0.2) is 0 Å². The van der Waals surface area contributed by atoms with Gasteiger partial charge in [0.05, 0.1) is 12.2 Å². The standard InChI is InChI=1S/C9H17NO4/c11-4-5-1-2-10-3-6(12)8(13)9(14)7(5)10/h5-9,11-14H,1-4H2/t5-,6-,7+,8+,9+/m0/s1. The summed E-state index contributed by atoms with van der Waals surface area (Å²) in [7, 11) is 0. The Morgan fingerprint density at radius 1 is 1.14 bits per heavy atom. The van der Waals surface area contributed by atoms with Crippen molar-refractivity contribution in [2.24, 2.45) is 5.92 Å². The predicted molar refractivity (Wildman–Crippen MR) is 48.6 cm³/mol. The molecule has 2 rings (SSSR count). The van der Waals surface area contributed by atoms with Gasteiger partial charge < -0.3 is 20.4 Å². The van der Waals surface area contributed by atoms with E-state index in [0.717, 1.165) is 13.0 Å². The third-order valence-corrected chi connectivity index (χ3v) is 3.44. The second-order valence-corrected chi connectivity index (χ2v) is 4.27. The average Bonchev–Trinajstić information content (AvgIpc) is 2.57. The van der Waals surface area contributed by atoms with Crippen LogP contribution in [0.3, 0.4) is 0 Å². The molecule has 4 N–H and O–H groups in total. The van der Waals surface area contributed by atoms with Crippen LogP contribution in [0.25, 0.3) is 0 Å². The van der Waals surface area contributed by atoms with Gasteiger partial charge in [0.25, 0.3) is 0 Å². The molecule has 0 bridgehead atoms. The van der Waals surface area contributed by atoms with Crippen molar-refractivity contribution in [1.29, 1.82) is 0 Å². The molecule has 0 unspecified atom stereocenters. The number of nitrogens with zero attached hydrogens (tertiary/aromatic N) is 1. The van der Waals surface area contributed by atoms with Crippen molar-refractivity contribution in [2.45, 2.75) is 30.8 Å². The summed E-state index contributed by atoms with van der Waals surface area (Å²) in [6.07, 6.45) is -2.09. The third kappa shape index (κ3) is 1.45. The van der Waals surface area contributed by atoms with Gasteiger partial charge in [-0.25, -0.2) is 0 Å². The molecule has 0 saturated carbocycles. The molecule has 5 nitrogen and oxygen atoms in total. The van der Waals surface area contributed by atoms with E-state index in [1.807, 2.05) is 4.90 Å². The fourth-order valence-electron chi connectivity index (χ4n) is 2.63. The van der Waals surface area contributed by atoms with E-state index in [9.17, 15) is 15.3 Å². The molecule has 5 heteroatoms. The second-order valence-electron chi connectivity index (χ2n) is 4.27. The molecule has 0 radical (unpaired) electrons. The molecule has 2 saturated heterocycles. The zero-order chi connectivity index (χ0) is 10.3. The van der Waals surface area contributed by atoms with Crippen LogP contribution < -0.4 is 0 Å². The Hall–Kier alpha value is -0.200. The molecule has 2 heterocycles. The SMILES string of the molecule is OC[C@@H]1CCN2C[C@H](O)[C@@H](O)[C@H](O)[C@@H]12. The van der Waals surface area contributed by atoms with Gasteiger partial charge in [-0.1, -0.05) is 0 Å². The molecular weight excluding hydrogens is 186 g/mol. The van der Waals surface area contributed by atoms with E-state index in [-0.39, 0.29) is 18.6 Å². The molecule has 0 aromatic rings. The highest BCUT2D eigenvalue weighted by Crippen LogP contribution is 2.31. The quantitative estimate of drug-likeness (QED) is 0.387. The van der Waals surface area contributed by atoms with E-state index < -0.39 is 18.3 Å². The molecule has 14 heavy (non-hydrogen) atoms. The third-order valence-electron chi connectivity index (χ3n) is 3.44. The van der Waals surface area contributed by atoms with Gasteiger partial charge >= 0.3 is 0 Å². The van der Waals surface area contributed by atoms with Gasteiger partial charge in [-0.2, -0.15) is 0 Å². The van der Waals surface area contributed by atoms with Crippen molar-refractivity contribution in [3.8, 4) is 0 Å². The number of rotatable bonds is 1. The van der Waals surface area contributed by atoms with Gasteiger partial charge in [0.15, 0.2) is 0 Å². The molecule has 0 aliphatic carbocycles. The van der Waals surface area contributed by atoms with Crippen molar-refractivity contribution in [2.75, 3.05) is 19.7 Å². The van der Waals surface area contributed by atoms with E-state index >= 15 is 0 Å². The van der Waals surface area contributed by atoms with E-state index in [2.05, 4.69) is 0 Å². The van der Waals surface area contributed by atoms with Gasteiger partial charge in [0, 0.05) is 25.1 Å². The topological polar surface area (TPSA) is 84.2 Å². The summed E-state index contributed by atoms with van der Waals surface area (Å²) < 4.78 is 0. The number of hydrogen-bond acceptors (Lipinski definition) is 5. The molecule has 2 aliphatic rings. The van der Waals surface area contributed by atoms with Crippen LogP contribution in [0.4, 0.5) is 0 Å². The molecule has 0 aromatic heterocycles. The smallest absolute Gasteiger partial charge is 0.108 e. The van der Waals surface area contributed by atoms with Crippen LogP contribution in [-0.4, -0.2) is 69.4 Å². The van der Waals surface area contributed by atoms with Crippen LogP contribution in [0.5, 0.6) is 0 Å². The lowest BCUT2D eigenvalue weighted by Crippen LogP contribution is -2.60. The van der Waals surface area contributed by atoms with E-state index in [1.54, 1.807) is 0 Å². The van der Waals surface area contributed by atoms with Gasteiger partial charge in [-0.05, 0) is 13.0 Å². The minimum absolute atomic E-state index is 0.0205. The highest BCUT2D eigenvalue weighted by atomic mass is 16.4. The Bertz CT molecular complexity index is 213. The zero-order valence-corrected chi connectivity index (χ0v) is 7.95. The fourth-order valence-corrected chi connectivity index (χ4v) is 2.63. The highest BCUT2D eigenvalue weighted by molar-refractivity contribution is 5.00. The van der Waals surface area contributed by atoms with Gasteiger partial charge in [0.1, 0.15) is 6.10 Å². The number of fused-ring (bicyclic) bond motifs is 1. The summed E-state index contributed by atoms with van der Waals surface area (Å²) in [5, 5.41) is 37.8. The van der Waals surface area contributed by atoms with Gasteiger partial charge in [-0.3, -0.25) is 4.90 Å². The van der Waals surface area contributed by atoms with Gasteiger partial charge in [-0.15, -0.1) is 0 Å². The molecule has 2 fully saturated rings. The Morgan fingerprint density at radius 2 is 1.86 bits per heavy atom. The van der Waals surface area contributed by atoms with E-state index in [1.165, 1.54) is 0 Å². The minimum atomic E-state index is -1.08. The maximum absolute atomic E-state index is 9.76. The van der Waals surface area contributed by atoms with Crippen molar-refractivity contribution < 1.29 is 20.4 Å². The average molecular weight is 203 g/mol. The first kappa shape index (κ1) is 10.3. The largest absolute Gasteiger partial charge is 0.396 e. The van der Waals surface area contributed by atoms with Crippen LogP contribution in [0.2, 0.25) is 0 Å². The predicted octanol–water partition coefficient (Wildman–Crippen LogP) is -2.23. The van der Waals surface area contributed by atoms with Crippen LogP contribution >= 0.6 is 0 Å². The lowest BCUT2D eigenvalue weighted by molar-refractivity contribution is -0.135. The Morgan fingerprint density at radius 3 is 2.50 bits per heavy atom. The molecule has 82 valence electrons. The van der Waals surface area contributed by atoms with Crippen LogP contribution in [0, 0.1) is 5.92 Å². The normalized spacial score (nSPS) is 49.3. The minimum Gasteiger partial charge on any atom is -0.396 e. The first-order chi connectivity index (χ1) is 6.65. The van der Waals surface area contributed by atoms with Crippen LogP contribution in [0.1, 0.15) is 6.42 Å². The Balaban J connectivity index is 2.13. The summed E-state index contributed by atoms with van der Waals surface area (Å²) in [5.74, 6) is 0.0205. The summed E-state index contributed by atoms with van der Waals surface area (Å²) in [6.45, 7) is 1.19. The van der Waals surface area contributed by atoms with Crippen LogP contribution in [-0.2, 0) is 0 Å². The van der Waals surface area contributed by atoms with E-state index in [4.69, 9.17) is 5.11 Å². The molecule has 2 aliphatic heterocycles. The van der Waals surface area contributed by atoms with Crippen molar-refractivity contribution in [1.82, 2.24) is 4.90 Å². The summed E-state index contributed by atoms with van der Waals surface area (Å²) in [4.78, 5) is 1.95. The molecule has 0 spiro atoms. The summed E-state index contributed by atoms with van der Waals surface area (Å²) in [5.41, 5.74) is 0. The Labute approximate surface area is 82.6 Å². The monoisotopic (exact) mass is 203 g/mol. The molecule has 0 aromatic carbocycles.